The first-order chi connectivity index (χ1) is 9.85. The van der Waals surface area contributed by atoms with E-state index in [1.54, 1.807) is 0 Å². The van der Waals surface area contributed by atoms with Gasteiger partial charge in [-0.3, -0.25) is 0 Å². The van der Waals surface area contributed by atoms with Crippen LogP contribution < -0.4 is 4.72 Å². The summed E-state index contributed by atoms with van der Waals surface area (Å²) >= 11 is 5.83. The van der Waals surface area contributed by atoms with Crippen molar-refractivity contribution in [3.63, 3.8) is 0 Å². The molecule has 1 aromatic rings. The van der Waals surface area contributed by atoms with Gasteiger partial charge in [0.05, 0.1) is 21.6 Å². The average Bonchev–Trinajstić information content (AvgIpc) is 2.46. The van der Waals surface area contributed by atoms with E-state index in [1.807, 2.05) is 19.9 Å². The van der Waals surface area contributed by atoms with Crippen LogP contribution in [0.5, 0.6) is 0 Å². The molecule has 0 aliphatic heterocycles. The number of nitrogens with zero attached hydrogens (tertiary/aromatic N) is 1. The number of aliphatic hydroxyl groups excluding tert-OH is 1. The van der Waals surface area contributed by atoms with Crippen molar-refractivity contribution in [2.45, 2.75) is 37.7 Å². The largest absolute Gasteiger partial charge is 0.391 e. The minimum Gasteiger partial charge on any atom is -0.391 e. The zero-order valence-corrected chi connectivity index (χ0v) is 13.6. The third-order valence-corrected chi connectivity index (χ3v) is 5.18. The number of hydrogen-bond donors (Lipinski definition) is 2. The zero-order chi connectivity index (χ0) is 16.0. The smallest absolute Gasteiger partial charge is 0.240 e. The van der Waals surface area contributed by atoms with Gasteiger partial charge in [0.2, 0.25) is 10.0 Å². The number of rotatable bonds is 7. The molecule has 5 nitrogen and oxygen atoms in total. The Hall–Kier alpha value is -1.13. The van der Waals surface area contributed by atoms with Crippen LogP contribution in [0.1, 0.15) is 32.3 Å². The van der Waals surface area contributed by atoms with Crippen molar-refractivity contribution in [1.29, 1.82) is 5.26 Å². The first kappa shape index (κ1) is 17.9. The highest BCUT2D eigenvalue weighted by Gasteiger charge is 2.20. The molecule has 2 N–H and O–H groups in total. The molecule has 21 heavy (non-hydrogen) atoms. The lowest BCUT2D eigenvalue weighted by Gasteiger charge is -2.20. The number of hydrogen-bond acceptors (Lipinski definition) is 4. The molecule has 0 aliphatic carbocycles. The predicted molar refractivity (Wildman–Crippen MR) is 81.4 cm³/mol. The molecule has 0 amide bonds. The number of halogens is 1. The van der Waals surface area contributed by atoms with E-state index in [-0.39, 0.29) is 27.9 Å². The lowest BCUT2D eigenvalue weighted by atomic mass is 9.97. The highest BCUT2D eigenvalue weighted by Crippen LogP contribution is 2.20. The van der Waals surface area contributed by atoms with E-state index in [9.17, 15) is 13.5 Å². The fraction of sp³-hybridized carbons (Fsp3) is 0.500. The Kier molecular flexibility index (Phi) is 6.62. The molecule has 0 heterocycles. The quantitative estimate of drug-likeness (QED) is 0.802. The van der Waals surface area contributed by atoms with Gasteiger partial charge in [-0.15, -0.1) is 0 Å². The molecule has 0 radical (unpaired) electrons. The number of benzene rings is 1. The number of nitriles is 1. The number of nitrogens with one attached hydrogen (secondary N) is 1. The standard InChI is InChI=1S/C14H19ClN2O3S/c1-3-10(4-2)14(18)9-17-21(19,20)12-6-5-11(8-16)13(15)7-12/h5-7,10,14,17-18H,3-4,9H2,1-2H3. The van der Waals surface area contributed by atoms with Gasteiger partial charge in [0, 0.05) is 6.54 Å². The van der Waals surface area contributed by atoms with E-state index >= 15 is 0 Å². The minimum atomic E-state index is -3.76. The molecule has 0 aromatic heterocycles. The van der Waals surface area contributed by atoms with Gasteiger partial charge in [-0.25, -0.2) is 13.1 Å². The van der Waals surface area contributed by atoms with Crippen molar-refractivity contribution >= 4 is 21.6 Å². The summed E-state index contributed by atoms with van der Waals surface area (Å²) in [4.78, 5) is -0.0248. The second-order valence-corrected chi connectivity index (χ2v) is 6.92. The van der Waals surface area contributed by atoms with E-state index in [0.29, 0.717) is 0 Å². The van der Waals surface area contributed by atoms with Crippen molar-refractivity contribution < 1.29 is 13.5 Å². The summed E-state index contributed by atoms with van der Waals surface area (Å²) in [5, 5.41) is 18.8. The van der Waals surface area contributed by atoms with Gasteiger partial charge >= 0.3 is 0 Å². The van der Waals surface area contributed by atoms with Crippen LogP contribution in [0.4, 0.5) is 0 Å². The SMILES string of the molecule is CCC(CC)C(O)CNS(=O)(=O)c1ccc(C#N)c(Cl)c1. The molecule has 116 valence electrons. The molecule has 0 fully saturated rings. The Morgan fingerprint density at radius 3 is 2.48 bits per heavy atom. The first-order valence-corrected chi connectivity index (χ1v) is 8.59. The Labute approximate surface area is 130 Å². The van der Waals surface area contributed by atoms with Crippen molar-refractivity contribution in [1.82, 2.24) is 4.72 Å². The van der Waals surface area contributed by atoms with E-state index < -0.39 is 16.1 Å². The van der Waals surface area contributed by atoms with Gasteiger partial charge in [0.15, 0.2) is 0 Å². The second kappa shape index (κ2) is 7.76. The normalized spacial score (nSPS) is 13.1. The summed E-state index contributed by atoms with van der Waals surface area (Å²) < 4.78 is 26.6. The van der Waals surface area contributed by atoms with Gasteiger partial charge in [-0.05, 0) is 24.1 Å². The maximum absolute atomic E-state index is 12.1. The van der Waals surface area contributed by atoms with Gasteiger partial charge in [-0.1, -0.05) is 38.3 Å². The van der Waals surface area contributed by atoms with Crippen LogP contribution >= 0.6 is 11.6 Å². The van der Waals surface area contributed by atoms with Crippen LogP contribution in [0, 0.1) is 17.2 Å². The number of aliphatic hydroxyl groups is 1. The lowest BCUT2D eigenvalue weighted by Crippen LogP contribution is -2.36. The summed E-state index contributed by atoms with van der Waals surface area (Å²) in [7, 11) is -3.76. The second-order valence-electron chi connectivity index (χ2n) is 4.75. The van der Waals surface area contributed by atoms with Crippen LogP contribution in [0.3, 0.4) is 0 Å². The van der Waals surface area contributed by atoms with Gasteiger partial charge in [0.1, 0.15) is 6.07 Å². The molecule has 0 bridgehead atoms. The van der Waals surface area contributed by atoms with Crippen LogP contribution in [-0.2, 0) is 10.0 Å². The highest BCUT2D eigenvalue weighted by molar-refractivity contribution is 7.89. The molecule has 1 rings (SSSR count). The topological polar surface area (TPSA) is 90.2 Å². The zero-order valence-electron chi connectivity index (χ0n) is 12.0. The van der Waals surface area contributed by atoms with E-state index in [0.717, 1.165) is 12.8 Å². The van der Waals surface area contributed by atoms with Gasteiger partial charge < -0.3 is 5.11 Å². The summed E-state index contributed by atoms with van der Waals surface area (Å²) in [5.74, 6) is 0.0530. The molecular weight excluding hydrogens is 312 g/mol. The third-order valence-electron chi connectivity index (χ3n) is 3.45. The maximum atomic E-state index is 12.1. The van der Waals surface area contributed by atoms with E-state index in [2.05, 4.69) is 4.72 Å². The molecule has 7 heteroatoms. The minimum absolute atomic E-state index is 0.0248. The lowest BCUT2D eigenvalue weighted by molar-refractivity contribution is 0.107. The van der Waals surface area contributed by atoms with E-state index in [1.165, 1.54) is 18.2 Å². The summed E-state index contributed by atoms with van der Waals surface area (Å²) in [5.41, 5.74) is 0.215. The molecular formula is C14H19ClN2O3S. The van der Waals surface area contributed by atoms with E-state index in [4.69, 9.17) is 16.9 Å². The first-order valence-electron chi connectivity index (χ1n) is 6.73. The third kappa shape index (κ3) is 4.68. The summed E-state index contributed by atoms with van der Waals surface area (Å²) in [6.07, 6.45) is 0.827. The summed E-state index contributed by atoms with van der Waals surface area (Å²) in [6.45, 7) is 3.85. The Morgan fingerprint density at radius 1 is 1.38 bits per heavy atom. The van der Waals surface area contributed by atoms with Crippen LogP contribution in [0.2, 0.25) is 5.02 Å². The molecule has 0 saturated heterocycles. The van der Waals surface area contributed by atoms with Crippen molar-refractivity contribution in [2.75, 3.05) is 6.54 Å². The molecule has 1 unspecified atom stereocenters. The van der Waals surface area contributed by atoms with Crippen molar-refractivity contribution in [3.05, 3.63) is 28.8 Å². The maximum Gasteiger partial charge on any atom is 0.240 e. The monoisotopic (exact) mass is 330 g/mol. The fourth-order valence-electron chi connectivity index (χ4n) is 2.03. The van der Waals surface area contributed by atoms with Crippen molar-refractivity contribution in [2.24, 2.45) is 5.92 Å². The fourth-order valence-corrected chi connectivity index (χ4v) is 3.40. The highest BCUT2D eigenvalue weighted by atomic mass is 35.5. The Balaban J connectivity index is 2.83. The van der Waals surface area contributed by atoms with Gasteiger partial charge in [0.25, 0.3) is 0 Å². The molecule has 1 atom stereocenters. The molecule has 0 aliphatic rings. The molecule has 1 aromatic carbocycles. The molecule has 0 saturated carbocycles. The predicted octanol–water partition coefficient (Wildman–Crippen LogP) is 2.29. The van der Waals surface area contributed by atoms with Gasteiger partial charge in [-0.2, -0.15) is 5.26 Å². The Bertz CT molecular complexity index is 622. The van der Waals surface area contributed by atoms with Crippen LogP contribution in [-0.4, -0.2) is 26.2 Å². The molecule has 0 spiro atoms. The van der Waals surface area contributed by atoms with Crippen LogP contribution in [0.25, 0.3) is 0 Å². The van der Waals surface area contributed by atoms with Crippen molar-refractivity contribution in [3.8, 4) is 6.07 Å². The Morgan fingerprint density at radius 2 is 2.00 bits per heavy atom. The van der Waals surface area contributed by atoms with Crippen LogP contribution in [0.15, 0.2) is 23.1 Å². The average molecular weight is 331 g/mol. The summed E-state index contributed by atoms with van der Waals surface area (Å²) in [6, 6.07) is 5.77. The number of sulfonamides is 1.